The highest BCUT2D eigenvalue weighted by Crippen LogP contribution is 2.25. The van der Waals surface area contributed by atoms with E-state index in [0.717, 1.165) is 12.4 Å². The molecule has 0 spiro atoms. The summed E-state index contributed by atoms with van der Waals surface area (Å²) in [6, 6.07) is 4.91. The second-order valence-corrected chi connectivity index (χ2v) is 4.62. The minimum absolute atomic E-state index is 0.0580. The van der Waals surface area contributed by atoms with Crippen molar-refractivity contribution in [2.75, 3.05) is 5.32 Å². The molecule has 1 aromatic heterocycles. The van der Waals surface area contributed by atoms with E-state index in [4.69, 9.17) is 0 Å². The Morgan fingerprint density at radius 3 is 2.57 bits per heavy atom. The number of hydrogen-bond donors (Lipinski definition) is 1. The number of rotatable bonds is 6. The molecule has 0 saturated carbocycles. The second kappa shape index (κ2) is 6.64. The van der Waals surface area contributed by atoms with Crippen molar-refractivity contribution >= 4 is 23.0 Å². The Balaban J connectivity index is 2.24. The van der Waals surface area contributed by atoms with E-state index in [0.29, 0.717) is 6.42 Å². The number of nitro benzene ring substituents is 1. The first kappa shape index (κ1) is 16.1. The Morgan fingerprint density at radius 1 is 1.30 bits per heavy atom. The number of carbonyl (C=O) groups excluding carboxylic acids is 1. The minimum Gasteiger partial charge on any atom is -0.318 e. The van der Waals surface area contributed by atoms with Crippen LogP contribution in [-0.4, -0.2) is 25.5 Å². The summed E-state index contributed by atoms with van der Waals surface area (Å²) in [5.74, 6) is -0.542. The molecule has 1 amide bonds. The summed E-state index contributed by atoms with van der Waals surface area (Å²) < 4.78 is 1.17. The average molecular weight is 319 g/mol. The van der Waals surface area contributed by atoms with Crippen LogP contribution in [0.5, 0.6) is 0 Å². The monoisotopic (exact) mass is 319 g/mol. The normalized spacial score (nSPS) is 11.7. The van der Waals surface area contributed by atoms with Gasteiger partial charge in [0.25, 0.3) is 5.69 Å². The van der Waals surface area contributed by atoms with Crippen LogP contribution in [0.4, 0.5) is 17.1 Å². The molecule has 0 radical (unpaired) electrons. The zero-order chi connectivity index (χ0) is 17.0. The summed E-state index contributed by atoms with van der Waals surface area (Å²) in [5, 5.41) is 27.9. The molecular weight excluding hydrogens is 306 g/mol. The largest absolute Gasteiger partial charge is 0.318 e. The summed E-state index contributed by atoms with van der Waals surface area (Å²) in [4.78, 5) is 32.8. The van der Waals surface area contributed by atoms with Gasteiger partial charge in [0.05, 0.1) is 9.85 Å². The molecule has 2 aromatic rings. The van der Waals surface area contributed by atoms with E-state index in [-0.39, 0.29) is 17.1 Å². The maximum atomic E-state index is 12.3. The molecule has 0 aliphatic carbocycles. The van der Waals surface area contributed by atoms with Gasteiger partial charge in [-0.2, -0.15) is 5.10 Å². The van der Waals surface area contributed by atoms with E-state index >= 15 is 0 Å². The van der Waals surface area contributed by atoms with Crippen molar-refractivity contribution in [1.29, 1.82) is 0 Å². The van der Waals surface area contributed by atoms with Gasteiger partial charge in [-0.3, -0.25) is 29.7 Å². The molecule has 1 N–H and O–H groups in total. The third-order valence-corrected chi connectivity index (χ3v) is 3.17. The molecule has 0 bridgehead atoms. The van der Waals surface area contributed by atoms with Gasteiger partial charge >= 0.3 is 5.69 Å². The highest BCUT2D eigenvalue weighted by atomic mass is 16.6. The van der Waals surface area contributed by atoms with Gasteiger partial charge in [-0.05, 0) is 12.5 Å². The number of amides is 1. The molecule has 0 aliphatic rings. The molecule has 10 heteroatoms. The SMILES string of the molecule is CCC(C(=O)Nc1ccccc1[N+](=O)[O-])n1cc([N+](=O)[O-])cn1. The van der Waals surface area contributed by atoms with Crippen molar-refractivity contribution in [2.45, 2.75) is 19.4 Å². The van der Waals surface area contributed by atoms with Gasteiger partial charge in [0.15, 0.2) is 0 Å². The number of anilines is 1. The molecule has 0 aliphatic heterocycles. The fourth-order valence-corrected chi connectivity index (χ4v) is 2.04. The smallest absolute Gasteiger partial charge is 0.307 e. The minimum atomic E-state index is -0.816. The molecular formula is C13H13N5O5. The van der Waals surface area contributed by atoms with Crippen molar-refractivity contribution in [3.8, 4) is 0 Å². The van der Waals surface area contributed by atoms with Gasteiger partial charge in [-0.1, -0.05) is 19.1 Å². The van der Waals surface area contributed by atoms with E-state index in [1.54, 1.807) is 13.0 Å². The maximum absolute atomic E-state index is 12.3. The van der Waals surface area contributed by atoms with Crippen molar-refractivity contribution in [3.05, 3.63) is 56.9 Å². The lowest BCUT2D eigenvalue weighted by Gasteiger charge is -2.15. The number of benzene rings is 1. The van der Waals surface area contributed by atoms with Crippen LogP contribution in [0.1, 0.15) is 19.4 Å². The zero-order valence-electron chi connectivity index (χ0n) is 12.1. The van der Waals surface area contributed by atoms with Crippen molar-refractivity contribution in [2.24, 2.45) is 0 Å². The van der Waals surface area contributed by atoms with Crippen LogP contribution in [0.25, 0.3) is 0 Å². The number of nitro groups is 2. The van der Waals surface area contributed by atoms with Crippen molar-refractivity contribution in [1.82, 2.24) is 9.78 Å². The van der Waals surface area contributed by atoms with Crippen LogP contribution in [0.3, 0.4) is 0 Å². The summed E-state index contributed by atoms with van der Waals surface area (Å²) >= 11 is 0. The molecule has 1 atom stereocenters. The fraction of sp³-hybridized carbons (Fsp3) is 0.231. The molecule has 23 heavy (non-hydrogen) atoms. The van der Waals surface area contributed by atoms with Crippen LogP contribution in [0.2, 0.25) is 0 Å². The van der Waals surface area contributed by atoms with E-state index in [2.05, 4.69) is 10.4 Å². The number of hydrogen-bond acceptors (Lipinski definition) is 6. The second-order valence-electron chi connectivity index (χ2n) is 4.62. The van der Waals surface area contributed by atoms with Crippen LogP contribution in [-0.2, 0) is 4.79 Å². The topological polar surface area (TPSA) is 133 Å². The van der Waals surface area contributed by atoms with Gasteiger partial charge in [0.2, 0.25) is 5.91 Å². The van der Waals surface area contributed by atoms with E-state index in [1.165, 1.54) is 22.9 Å². The predicted octanol–water partition coefficient (Wildman–Crippen LogP) is 2.29. The molecule has 1 heterocycles. The van der Waals surface area contributed by atoms with Gasteiger partial charge in [0.1, 0.15) is 24.1 Å². The molecule has 2 rings (SSSR count). The predicted molar refractivity (Wildman–Crippen MR) is 79.9 cm³/mol. The lowest BCUT2D eigenvalue weighted by molar-refractivity contribution is -0.385. The highest BCUT2D eigenvalue weighted by Gasteiger charge is 2.24. The van der Waals surface area contributed by atoms with E-state index < -0.39 is 21.8 Å². The average Bonchev–Trinajstić information content (AvgIpc) is 2.98. The Kier molecular flexibility index (Phi) is 4.64. The summed E-state index contributed by atoms with van der Waals surface area (Å²) in [6.45, 7) is 1.71. The Hall–Kier alpha value is -3.30. The fourth-order valence-electron chi connectivity index (χ4n) is 2.04. The first-order chi connectivity index (χ1) is 10.9. The van der Waals surface area contributed by atoms with Crippen LogP contribution >= 0.6 is 0 Å². The molecule has 1 unspecified atom stereocenters. The van der Waals surface area contributed by atoms with Crippen LogP contribution in [0, 0.1) is 20.2 Å². The number of nitrogens with zero attached hydrogens (tertiary/aromatic N) is 4. The Morgan fingerprint density at radius 2 is 2.00 bits per heavy atom. The number of carbonyl (C=O) groups is 1. The standard InChI is InChI=1S/C13H13N5O5/c1-2-11(16-8-9(7-14-16)17(20)21)13(19)15-10-5-3-4-6-12(10)18(22)23/h3-8,11H,2H2,1H3,(H,15,19). The summed E-state index contributed by atoms with van der Waals surface area (Å²) in [5.41, 5.74) is -0.410. The van der Waals surface area contributed by atoms with Gasteiger partial charge in [-0.25, -0.2) is 0 Å². The first-order valence-electron chi connectivity index (χ1n) is 6.66. The molecule has 10 nitrogen and oxygen atoms in total. The van der Waals surface area contributed by atoms with Gasteiger partial charge < -0.3 is 5.32 Å². The molecule has 0 saturated heterocycles. The quantitative estimate of drug-likeness (QED) is 0.641. The van der Waals surface area contributed by atoms with Crippen LogP contribution in [0.15, 0.2) is 36.7 Å². The number of aromatic nitrogens is 2. The summed E-state index contributed by atoms with van der Waals surface area (Å²) in [7, 11) is 0. The first-order valence-corrected chi connectivity index (χ1v) is 6.66. The molecule has 120 valence electrons. The molecule has 0 fully saturated rings. The number of nitrogens with one attached hydrogen (secondary N) is 1. The van der Waals surface area contributed by atoms with Gasteiger partial charge in [-0.15, -0.1) is 0 Å². The maximum Gasteiger partial charge on any atom is 0.307 e. The van der Waals surface area contributed by atoms with Crippen LogP contribution < -0.4 is 5.32 Å². The highest BCUT2D eigenvalue weighted by molar-refractivity contribution is 5.95. The van der Waals surface area contributed by atoms with Crippen molar-refractivity contribution in [3.63, 3.8) is 0 Å². The van der Waals surface area contributed by atoms with Gasteiger partial charge in [0, 0.05) is 6.07 Å². The Labute approximate surface area is 130 Å². The Bertz CT molecular complexity index is 757. The summed E-state index contributed by atoms with van der Waals surface area (Å²) in [6.07, 6.45) is 2.50. The van der Waals surface area contributed by atoms with E-state index in [1.807, 2.05) is 0 Å². The number of para-hydroxylation sites is 2. The molecule has 1 aromatic carbocycles. The third kappa shape index (κ3) is 3.48. The van der Waals surface area contributed by atoms with Crippen molar-refractivity contribution < 1.29 is 14.6 Å². The lowest BCUT2D eigenvalue weighted by Crippen LogP contribution is -2.26. The lowest BCUT2D eigenvalue weighted by atomic mass is 10.2. The third-order valence-electron chi connectivity index (χ3n) is 3.17. The zero-order valence-corrected chi connectivity index (χ0v) is 12.1. The van der Waals surface area contributed by atoms with E-state index in [9.17, 15) is 25.0 Å².